The molecule has 1 saturated carbocycles. The van der Waals surface area contributed by atoms with Crippen LogP contribution in [0.5, 0.6) is 0 Å². The lowest BCUT2D eigenvalue weighted by Crippen LogP contribution is -2.41. The second-order valence-corrected chi connectivity index (χ2v) is 10.1. The number of imide groups is 1. The molecule has 3 aromatic rings. The van der Waals surface area contributed by atoms with Crippen LogP contribution in [0.1, 0.15) is 71.6 Å². The molecule has 1 aromatic heterocycles. The maximum atomic E-state index is 13.0. The fourth-order valence-corrected chi connectivity index (χ4v) is 5.54. The van der Waals surface area contributed by atoms with Crippen molar-refractivity contribution < 1.29 is 18.8 Å². The quantitative estimate of drug-likeness (QED) is 0.268. The number of hydrogen-bond donors (Lipinski definition) is 1. The minimum atomic E-state index is -0.306. The van der Waals surface area contributed by atoms with Crippen molar-refractivity contribution in [3.63, 3.8) is 0 Å². The summed E-state index contributed by atoms with van der Waals surface area (Å²) in [4.78, 5) is 39.4. The molecule has 0 atom stereocenters. The van der Waals surface area contributed by atoms with Gasteiger partial charge in [-0.3, -0.25) is 19.3 Å². The van der Waals surface area contributed by atoms with Gasteiger partial charge in [-0.25, -0.2) is 0 Å². The topological polar surface area (TPSA) is 105 Å². The minimum absolute atomic E-state index is 0.108. The highest BCUT2D eigenvalue weighted by Crippen LogP contribution is 2.30. The van der Waals surface area contributed by atoms with E-state index < -0.39 is 0 Å². The molecule has 1 aliphatic heterocycles. The first kappa shape index (κ1) is 23.5. The molecule has 182 valence electrons. The van der Waals surface area contributed by atoms with Gasteiger partial charge in [0, 0.05) is 47.7 Å². The van der Waals surface area contributed by atoms with E-state index in [9.17, 15) is 14.4 Å². The van der Waals surface area contributed by atoms with Crippen LogP contribution in [0.3, 0.4) is 0 Å². The van der Waals surface area contributed by atoms with Gasteiger partial charge in [-0.15, -0.1) is 10.2 Å². The summed E-state index contributed by atoms with van der Waals surface area (Å²) in [5, 5.41) is 13.3. The van der Waals surface area contributed by atoms with E-state index in [-0.39, 0.29) is 30.7 Å². The number of hydrogen-bond acceptors (Lipinski definition) is 7. The van der Waals surface area contributed by atoms with Gasteiger partial charge < -0.3 is 9.73 Å². The van der Waals surface area contributed by atoms with Crippen LogP contribution in [0.2, 0.25) is 0 Å². The molecule has 3 amide bonds. The highest BCUT2D eigenvalue weighted by Gasteiger charge is 2.32. The Bertz CT molecular complexity index is 1200. The Kier molecular flexibility index (Phi) is 7.13. The Labute approximate surface area is 207 Å². The lowest BCUT2D eigenvalue weighted by atomic mass is 9.94. The van der Waals surface area contributed by atoms with Crippen LogP contribution in [0, 0.1) is 0 Å². The van der Waals surface area contributed by atoms with E-state index in [0.29, 0.717) is 45.8 Å². The molecule has 2 aliphatic rings. The molecule has 2 aromatic carbocycles. The van der Waals surface area contributed by atoms with Crippen molar-refractivity contribution in [1.82, 2.24) is 20.4 Å². The van der Waals surface area contributed by atoms with Gasteiger partial charge in [-0.05, 0) is 36.8 Å². The third-order valence-corrected chi connectivity index (χ3v) is 7.50. The van der Waals surface area contributed by atoms with Crippen molar-refractivity contribution in [1.29, 1.82) is 0 Å². The summed E-state index contributed by atoms with van der Waals surface area (Å²) in [6, 6.07) is 11.3. The molecule has 0 unspecified atom stereocenters. The number of amides is 3. The van der Waals surface area contributed by atoms with E-state index in [1.807, 2.05) is 24.3 Å². The monoisotopic (exact) mass is 492 g/mol. The van der Waals surface area contributed by atoms with Crippen LogP contribution in [0.25, 0.3) is 10.8 Å². The van der Waals surface area contributed by atoms with Gasteiger partial charge in [-0.1, -0.05) is 55.3 Å². The fourth-order valence-electron chi connectivity index (χ4n) is 4.83. The van der Waals surface area contributed by atoms with E-state index in [1.165, 1.54) is 35.9 Å². The number of thioether (sulfide) groups is 1. The highest BCUT2D eigenvalue weighted by atomic mass is 32.2. The molecule has 8 nitrogen and oxygen atoms in total. The lowest BCUT2D eigenvalue weighted by molar-refractivity contribution is -0.122. The van der Waals surface area contributed by atoms with Gasteiger partial charge in [-0.2, -0.15) is 0 Å². The summed E-state index contributed by atoms with van der Waals surface area (Å²) in [5.74, 6) is 0.570. The Balaban J connectivity index is 1.10. The fraction of sp³-hybridized carbons (Fsp3) is 0.423. The molecule has 0 bridgehead atoms. The molecule has 2 heterocycles. The Morgan fingerprint density at radius 1 is 1.03 bits per heavy atom. The third-order valence-electron chi connectivity index (χ3n) is 6.60. The summed E-state index contributed by atoms with van der Waals surface area (Å²) in [5.41, 5.74) is 1.07. The number of aromatic nitrogens is 2. The van der Waals surface area contributed by atoms with Crippen molar-refractivity contribution in [3.05, 3.63) is 53.4 Å². The van der Waals surface area contributed by atoms with Crippen molar-refractivity contribution in [2.45, 2.75) is 62.6 Å². The Morgan fingerprint density at radius 2 is 1.74 bits per heavy atom. The first-order chi connectivity index (χ1) is 17.1. The zero-order valence-electron chi connectivity index (χ0n) is 19.5. The van der Waals surface area contributed by atoms with Gasteiger partial charge in [0.05, 0.1) is 0 Å². The van der Waals surface area contributed by atoms with Gasteiger partial charge >= 0.3 is 0 Å². The second-order valence-electron chi connectivity index (χ2n) is 9.04. The Morgan fingerprint density at radius 3 is 2.46 bits per heavy atom. The number of nitrogens with zero attached hydrogens (tertiary/aromatic N) is 3. The van der Waals surface area contributed by atoms with E-state index in [4.69, 9.17) is 4.42 Å². The summed E-state index contributed by atoms with van der Waals surface area (Å²) in [6.07, 6.45) is 7.33. The lowest BCUT2D eigenvalue weighted by Gasteiger charge is -2.26. The molecule has 35 heavy (non-hydrogen) atoms. The van der Waals surface area contributed by atoms with Crippen LogP contribution in [0.4, 0.5) is 0 Å². The molecular weight excluding hydrogens is 464 g/mol. The van der Waals surface area contributed by atoms with E-state index >= 15 is 0 Å². The molecule has 1 fully saturated rings. The smallest absolute Gasteiger partial charge is 0.276 e. The van der Waals surface area contributed by atoms with Gasteiger partial charge in [0.25, 0.3) is 17.0 Å². The Hall–Kier alpha value is -3.20. The predicted molar refractivity (Wildman–Crippen MR) is 132 cm³/mol. The minimum Gasteiger partial charge on any atom is -0.416 e. The summed E-state index contributed by atoms with van der Waals surface area (Å²) < 4.78 is 5.69. The number of carbonyl (C=O) groups excluding carboxylic acids is 3. The summed E-state index contributed by atoms with van der Waals surface area (Å²) in [6.45, 7) is 0.163. The number of carbonyl (C=O) groups is 3. The van der Waals surface area contributed by atoms with Crippen LogP contribution >= 0.6 is 11.8 Å². The molecule has 1 aliphatic carbocycles. The average Bonchev–Trinajstić information content (AvgIpc) is 3.33. The summed E-state index contributed by atoms with van der Waals surface area (Å²) in [7, 11) is 0. The molecule has 9 heteroatoms. The maximum Gasteiger partial charge on any atom is 0.276 e. The zero-order valence-corrected chi connectivity index (χ0v) is 20.3. The zero-order chi connectivity index (χ0) is 24.2. The van der Waals surface area contributed by atoms with Crippen LogP contribution in [0.15, 0.2) is 46.0 Å². The van der Waals surface area contributed by atoms with Crippen LogP contribution in [-0.4, -0.2) is 51.2 Å². The van der Waals surface area contributed by atoms with Crippen LogP contribution in [-0.2, 0) is 11.2 Å². The predicted octanol–water partition coefficient (Wildman–Crippen LogP) is 4.38. The number of benzene rings is 2. The van der Waals surface area contributed by atoms with Crippen molar-refractivity contribution in [3.8, 4) is 0 Å². The van der Waals surface area contributed by atoms with Gasteiger partial charge in [0.2, 0.25) is 11.8 Å². The van der Waals surface area contributed by atoms with Crippen LogP contribution < -0.4 is 5.32 Å². The second kappa shape index (κ2) is 10.6. The molecule has 0 spiro atoms. The SMILES string of the molecule is O=C(CCCSc1nnc(CCN2C(=O)c3cccc4cccc(c34)C2=O)o1)NC1CCCCC1. The normalized spacial score (nSPS) is 16.2. The van der Waals surface area contributed by atoms with E-state index in [2.05, 4.69) is 15.5 Å². The largest absolute Gasteiger partial charge is 0.416 e. The molecule has 0 saturated heterocycles. The molecule has 5 rings (SSSR count). The van der Waals surface area contributed by atoms with Crippen molar-refractivity contribution in [2.75, 3.05) is 12.3 Å². The van der Waals surface area contributed by atoms with E-state index in [0.717, 1.165) is 24.6 Å². The number of rotatable bonds is 9. The van der Waals surface area contributed by atoms with Gasteiger partial charge in [0.1, 0.15) is 0 Å². The first-order valence-corrected chi connectivity index (χ1v) is 13.2. The van der Waals surface area contributed by atoms with Crippen molar-refractivity contribution >= 4 is 40.3 Å². The van der Waals surface area contributed by atoms with Gasteiger partial charge in [0.15, 0.2) is 0 Å². The average molecular weight is 493 g/mol. The third kappa shape index (κ3) is 5.24. The molecule has 1 N–H and O–H groups in total. The first-order valence-electron chi connectivity index (χ1n) is 12.2. The standard InChI is InChI=1S/C26H28N4O4S/c31-21(27-18-9-2-1-3-10-18)13-6-16-35-26-29-28-22(34-26)14-15-30-24(32)19-11-4-7-17-8-5-12-20(23(17)19)25(30)33/h4-5,7-8,11-12,18H,1-3,6,9-10,13-16H2,(H,27,31). The number of nitrogens with one attached hydrogen (secondary N) is 1. The van der Waals surface area contributed by atoms with Crippen molar-refractivity contribution in [2.24, 2.45) is 0 Å². The molecular formula is C26H28N4O4S. The molecule has 0 radical (unpaired) electrons. The highest BCUT2D eigenvalue weighted by molar-refractivity contribution is 7.99. The maximum absolute atomic E-state index is 13.0. The summed E-state index contributed by atoms with van der Waals surface area (Å²) >= 11 is 1.41. The van der Waals surface area contributed by atoms with E-state index in [1.54, 1.807) is 12.1 Å².